The molecule has 1 heterocycles. The summed E-state index contributed by atoms with van der Waals surface area (Å²) in [5.74, 6) is 0.590. The second kappa shape index (κ2) is 5.67. The van der Waals surface area contributed by atoms with Crippen LogP contribution >= 0.6 is 11.6 Å². The third-order valence-corrected chi connectivity index (χ3v) is 3.08. The molecule has 0 atom stereocenters. The van der Waals surface area contributed by atoms with E-state index in [9.17, 15) is 0 Å². The molecule has 0 unspecified atom stereocenters. The first-order chi connectivity index (χ1) is 9.83. The molecule has 3 rings (SSSR count). The highest BCUT2D eigenvalue weighted by atomic mass is 35.5. The van der Waals surface area contributed by atoms with Crippen molar-refractivity contribution in [2.45, 2.75) is 0 Å². The molecular formula is C15H11ClN4. The van der Waals surface area contributed by atoms with Crippen LogP contribution in [0.15, 0.2) is 59.8 Å². The molecule has 1 N–H and O–H groups in total. The Hall–Kier alpha value is -2.46. The number of anilines is 1. The number of hydrazone groups is 1. The minimum atomic E-state index is 0.590. The van der Waals surface area contributed by atoms with E-state index in [4.69, 9.17) is 11.6 Å². The Morgan fingerprint density at radius 2 is 1.75 bits per heavy atom. The van der Waals surface area contributed by atoms with E-state index in [2.05, 4.69) is 20.5 Å². The Bertz CT molecular complexity index is 770. The summed E-state index contributed by atoms with van der Waals surface area (Å²) in [7, 11) is 0. The van der Waals surface area contributed by atoms with Crippen molar-refractivity contribution < 1.29 is 0 Å². The maximum Gasteiger partial charge on any atom is 0.165 e. The molecule has 0 spiro atoms. The number of benzene rings is 2. The van der Waals surface area contributed by atoms with Crippen molar-refractivity contribution in [3.8, 4) is 0 Å². The van der Waals surface area contributed by atoms with E-state index in [-0.39, 0.29) is 0 Å². The quantitative estimate of drug-likeness (QED) is 0.588. The van der Waals surface area contributed by atoms with E-state index in [1.54, 1.807) is 12.4 Å². The van der Waals surface area contributed by atoms with Gasteiger partial charge in [0.2, 0.25) is 0 Å². The molecule has 3 aromatic rings. The molecule has 0 aliphatic heterocycles. The summed E-state index contributed by atoms with van der Waals surface area (Å²) in [6, 6.07) is 15.2. The monoisotopic (exact) mass is 282 g/mol. The highest BCUT2D eigenvalue weighted by Crippen LogP contribution is 2.13. The van der Waals surface area contributed by atoms with Gasteiger partial charge in [-0.2, -0.15) is 5.10 Å². The predicted molar refractivity (Wildman–Crippen MR) is 82.2 cm³/mol. The standard InChI is InChI=1S/C15H11ClN4/c16-12-6-2-1-5-11(12)9-18-20-15-10-17-13-7-3-4-8-14(13)19-15/h1-10H,(H,19,20)/b18-9+. The number of halogens is 1. The number of hydrogen-bond acceptors (Lipinski definition) is 4. The summed E-state index contributed by atoms with van der Waals surface area (Å²) in [5, 5.41) is 4.77. The lowest BCUT2D eigenvalue weighted by Gasteiger charge is -2.01. The van der Waals surface area contributed by atoms with E-state index in [1.807, 2.05) is 48.5 Å². The first kappa shape index (κ1) is 12.6. The molecule has 0 saturated carbocycles. The van der Waals surface area contributed by atoms with Gasteiger partial charge in [0.1, 0.15) is 0 Å². The van der Waals surface area contributed by atoms with Gasteiger partial charge in [0.25, 0.3) is 0 Å². The van der Waals surface area contributed by atoms with Crippen LogP contribution in [-0.4, -0.2) is 16.2 Å². The molecule has 1 aromatic heterocycles. The molecule has 4 nitrogen and oxygen atoms in total. The van der Waals surface area contributed by atoms with Crippen molar-refractivity contribution in [3.05, 3.63) is 65.3 Å². The van der Waals surface area contributed by atoms with Gasteiger partial charge >= 0.3 is 0 Å². The van der Waals surface area contributed by atoms with Crippen LogP contribution in [-0.2, 0) is 0 Å². The minimum absolute atomic E-state index is 0.590. The molecule has 0 saturated heterocycles. The first-order valence-electron chi connectivity index (χ1n) is 6.08. The van der Waals surface area contributed by atoms with Gasteiger partial charge in [-0.3, -0.25) is 10.4 Å². The fraction of sp³-hybridized carbons (Fsp3) is 0. The van der Waals surface area contributed by atoms with Crippen LogP contribution in [0.1, 0.15) is 5.56 Å². The van der Waals surface area contributed by atoms with Crippen molar-refractivity contribution in [2.24, 2.45) is 5.10 Å². The Balaban J connectivity index is 1.78. The largest absolute Gasteiger partial charge is 0.260 e. The first-order valence-corrected chi connectivity index (χ1v) is 6.46. The number of hydrogen-bond donors (Lipinski definition) is 1. The molecule has 98 valence electrons. The molecule has 0 radical (unpaired) electrons. The highest BCUT2D eigenvalue weighted by molar-refractivity contribution is 6.33. The summed E-state index contributed by atoms with van der Waals surface area (Å²) in [5.41, 5.74) is 5.37. The molecule has 2 aromatic carbocycles. The molecular weight excluding hydrogens is 272 g/mol. The van der Waals surface area contributed by atoms with Gasteiger partial charge in [-0.25, -0.2) is 4.98 Å². The maximum absolute atomic E-state index is 6.04. The molecule has 0 fully saturated rings. The molecule has 0 aliphatic rings. The number of aromatic nitrogens is 2. The average molecular weight is 283 g/mol. The lowest BCUT2D eigenvalue weighted by atomic mass is 10.2. The summed E-state index contributed by atoms with van der Waals surface area (Å²) < 4.78 is 0. The number of nitrogens with one attached hydrogen (secondary N) is 1. The third-order valence-electron chi connectivity index (χ3n) is 2.74. The number of para-hydroxylation sites is 2. The van der Waals surface area contributed by atoms with E-state index in [0.717, 1.165) is 16.6 Å². The Morgan fingerprint density at radius 1 is 1.00 bits per heavy atom. The van der Waals surface area contributed by atoms with Gasteiger partial charge in [0, 0.05) is 10.6 Å². The zero-order chi connectivity index (χ0) is 13.8. The number of nitrogens with zero attached hydrogens (tertiary/aromatic N) is 3. The summed E-state index contributed by atoms with van der Waals surface area (Å²) in [6.45, 7) is 0. The number of rotatable bonds is 3. The topological polar surface area (TPSA) is 50.2 Å². The fourth-order valence-corrected chi connectivity index (χ4v) is 1.94. The lowest BCUT2D eigenvalue weighted by Crippen LogP contribution is -1.95. The molecule has 0 bridgehead atoms. The zero-order valence-corrected chi connectivity index (χ0v) is 11.2. The molecule has 20 heavy (non-hydrogen) atoms. The Kier molecular flexibility index (Phi) is 3.56. The van der Waals surface area contributed by atoms with E-state index < -0.39 is 0 Å². The van der Waals surface area contributed by atoms with Crippen molar-refractivity contribution in [1.82, 2.24) is 9.97 Å². The van der Waals surface area contributed by atoms with Gasteiger partial charge in [0.05, 0.1) is 23.4 Å². The van der Waals surface area contributed by atoms with Gasteiger partial charge in [0.15, 0.2) is 5.82 Å². The Labute approximate surface area is 121 Å². The Morgan fingerprint density at radius 3 is 2.60 bits per heavy atom. The summed E-state index contributed by atoms with van der Waals surface area (Å²) in [4.78, 5) is 8.71. The van der Waals surface area contributed by atoms with Crippen molar-refractivity contribution in [1.29, 1.82) is 0 Å². The predicted octanol–water partition coefficient (Wildman–Crippen LogP) is 3.73. The van der Waals surface area contributed by atoms with Crippen molar-refractivity contribution >= 4 is 34.7 Å². The minimum Gasteiger partial charge on any atom is -0.260 e. The van der Waals surface area contributed by atoms with Gasteiger partial charge < -0.3 is 0 Å². The van der Waals surface area contributed by atoms with E-state index in [1.165, 1.54) is 0 Å². The van der Waals surface area contributed by atoms with Crippen LogP contribution in [0.2, 0.25) is 5.02 Å². The normalized spacial score (nSPS) is 11.1. The van der Waals surface area contributed by atoms with Crippen molar-refractivity contribution in [3.63, 3.8) is 0 Å². The third kappa shape index (κ3) is 2.75. The van der Waals surface area contributed by atoms with Crippen LogP contribution in [0.5, 0.6) is 0 Å². The van der Waals surface area contributed by atoms with Crippen LogP contribution in [0.25, 0.3) is 11.0 Å². The van der Waals surface area contributed by atoms with Gasteiger partial charge in [-0.15, -0.1) is 0 Å². The molecule has 5 heteroatoms. The van der Waals surface area contributed by atoms with Crippen molar-refractivity contribution in [2.75, 3.05) is 5.43 Å². The van der Waals surface area contributed by atoms with Crippen LogP contribution in [0.3, 0.4) is 0 Å². The molecule has 0 aliphatic carbocycles. The van der Waals surface area contributed by atoms with E-state index >= 15 is 0 Å². The van der Waals surface area contributed by atoms with Crippen LogP contribution in [0, 0.1) is 0 Å². The second-order valence-corrected chi connectivity index (χ2v) is 4.54. The van der Waals surface area contributed by atoms with Crippen LogP contribution < -0.4 is 5.43 Å². The van der Waals surface area contributed by atoms with E-state index in [0.29, 0.717) is 10.8 Å². The average Bonchev–Trinajstić information content (AvgIpc) is 2.49. The number of fused-ring (bicyclic) bond motifs is 1. The zero-order valence-electron chi connectivity index (χ0n) is 10.5. The highest BCUT2D eigenvalue weighted by Gasteiger charge is 1.98. The van der Waals surface area contributed by atoms with Gasteiger partial charge in [-0.1, -0.05) is 41.9 Å². The fourth-order valence-electron chi connectivity index (χ4n) is 1.76. The second-order valence-electron chi connectivity index (χ2n) is 4.14. The maximum atomic E-state index is 6.04. The lowest BCUT2D eigenvalue weighted by molar-refractivity contribution is 1.22. The summed E-state index contributed by atoms with van der Waals surface area (Å²) >= 11 is 6.04. The smallest absolute Gasteiger partial charge is 0.165 e. The van der Waals surface area contributed by atoms with Gasteiger partial charge in [-0.05, 0) is 18.2 Å². The van der Waals surface area contributed by atoms with Crippen LogP contribution in [0.4, 0.5) is 5.82 Å². The molecule has 0 amide bonds. The summed E-state index contributed by atoms with van der Waals surface area (Å²) in [6.07, 6.45) is 3.30. The SMILES string of the molecule is Clc1ccccc1/C=N/Nc1cnc2ccccc2n1.